The van der Waals surface area contributed by atoms with E-state index in [1.165, 1.54) is 22.4 Å². The lowest BCUT2D eigenvalue weighted by molar-refractivity contribution is 0.340. The van der Waals surface area contributed by atoms with Gasteiger partial charge in [-0.25, -0.2) is 4.98 Å². The van der Waals surface area contributed by atoms with Crippen molar-refractivity contribution in [2.45, 2.75) is 33.1 Å². The van der Waals surface area contributed by atoms with Crippen LogP contribution in [0.4, 0.5) is 0 Å². The first-order valence-corrected chi connectivity index (χ1v) is 8.62. The smallest absolute Gasteiger partial charge is 0.119 e. The molecular weight excluding hydrogens is 296 g/mol. The molecule has 0 atom stereocenters. The van der Waals surface area contributed by atoms with Crippen LogP contribution in [-0.4, -0.2) is 16.2 Å². The highest BCUT2D eigenvalue weighted by atomic mass is 16.5. The van der Waals surface area contributed by atoms with Gasteiger partial charge in [-0.05, 0) is 61.1 Å². The first kappa shape index (κ1) is 16.3. The van der Waals surface area contributed by atoms with Crippen LogP contribution in [-0.2, 0) is 19.3 Å². The highest BCUT2D eigenvalue weighted by Gasteiger charge is 2.07. The molecular formula is C21H24N2O. The molecule has 0 aliphatic carbocycles. The lowest BCUT2D eigenvalue weighted by Gasteiger charge is -2.13. The third kappa shape index (κ3) is 3.85. The Morgan fingerprint density at radius 3 is 2.42 bits per heavy atom. The minimum absolute atomic E-state index is 0.683. The molecule has 0 fully saturated rings. The summed E-state index contributed by atoms with van der Waals surface area (Å²) in [6.07, 6.45) is 8.71. The number of ether oxygens (including phenoxy) is 1. The Balaban J connectivity index is 1.82. The van der Waals surface area contributed by atoms with Crippen molar-refractivity contribution in [3.63, 3.8) is 0 Å². The SMILES string of the molecule is CCOc1ccc(-n2ccnc2)c(CCc2ccc(CC)cc2)c1. The van der Waals surface area contributed by atoms with E-state index in [4.69, 9.17) is 4.74 Å². The lowest BCUT2D eigenvalue weighted by atomic mass is 10.0. The van der Waals surface area contributed by atoms with E-state index < -0.39 is 0 Å². The average molecular weight is 320 g/mol. The van der Waals surface area contributed by atoms with Gasteiger partial charge in [-0.1, -0.05) is 31.2 Å². The highest BCUT2D eigenvalue weighted by Crippen LogP contribution is 2.23. The summed E-state index contributed by atoms with van der Waals surface area (Å²) >= 11 is 0. The Morgan fingerprint density at radius 2 is 1.75 bits per heavy atom. The summed E-state index contributed by atoms with van der Waals surface area (Å²) in [5.74, 6) is 0.928. The van der Waals surface area contributed by atoms with Crippen LogP contribution >= 0.6 is 0 Å². The van der Waals surface area contributed by atoms with Crippen molar-refractivity contribution in [2.24, 2.45) is 0 Å². The molecule has 0 N–H and O–H groups in total. The number of rotatable bonds is 7. The molecule has 124 valence electrons. The fraction of sp³-hybridized carbons (Fsp3) is 0.286. The number of aryl methyl sites for hydroxylation is 3. The Labute approximate surface area is 143 Å². The van der Waals surface area contributed by atoms with Crippen molar-refractivity contribution in [1.82, 2.24) is 9.55 Å². The molecule has 0 unspecified atom stereocenters. The molecule has 0 saturated carbocycles. The molecule has 0 aliphatic heterocycles. The van der Waals surface area contributed by atoms with Gasteiger partial charge in [0.05, 0.1) is 12.9 Å². The van der Waals surface area contributed by atoms with Crippen LogP contribution < -0.4 is 4.74 Å². The first-order chi connectivity index (χ1) is 11.8. The largest absolute Gasteiger partial charge is 0.494 e. The van der Waals surface area contributed by atoms with Crippen LogP contribution in [0.25, 0.3) is 5.69 Å². The van der Waals surface area contributed by atoms with Crippen molar-refractivity contribution >= 4 is 0 Å². The molecule has 24 heavy (non-hydrogen) atoms. The number of hydrogen-bond donors (Lipinski definition) is 0. The zero-order chi connectivity index (χ0) is 16.8. The van der Waals surface area contributed by atoms with Crippen molar-refractivity contribution in [3.05, 3.63) is 77.9 Å². The molecule has 0 radical (unpaired) electrons. The van der Waals surface area contributed by atoms with Crippen LogP contribution in [0.15, 0.2) is 61.2 Å². The Hall–Kier alpha value is -2.55. The summed E-state index contributed by atoms with van der Waals surface area (Å²) in [5.41, 5.74) is 5.20. The molecule has 0 spiro atoms. The summed E-state index contributed by atoms with van der Waals surface area (Å²) in [5, 5.41) is 0. The lowest BCUT2D eigenvalue weighted by Crippen LogP contribution is -2.01. The summed E-state index contributed by atoms with van der Waals surface area (Å²) in [6, 6.07) is 15.2. The molecule has 0 saturated heterocycles. The summed E-state index contributed by atoms with van der Waals surface area (Å²) < 4.78 is 7.74. The van der Waals surface area contributed by atoms with E-state index in [1.54, 1.807) is 0 Å². The van der Waals surface area contributed by atoms with Crippen LogP contribution in [0.3, 0.4) is 0 Å². The average Bonchev–Trinajstić information content (AvgIpc) is 3.15. The van der Waals surface area contributed by atoms with Crippen molar-refractivity contribution in [3.8, 4) is 11.4 Å². The fourth-order valence-electron chi connectivity index (χ4n) is 2.89. The maximum atomic E-state index is 5.68. The van der Waals surface area contributed by atoms with Gasteiger partial charge in [-0.15, -0.1) is 0 Å². The van der Waals surface area contributed by atoms with Gasteiger partial charge in [0, 0.05) is 18.1 Å². The number of aromatic nitrogens is 2. The second-order valence-corrected chi connectivity index (χ2v) is 5.86. The Kier molecular flexibility index (Phi) is 5.32. The summed E-state index contributed by atoms with van der Waals surface area (Å²) in [6.45, 7) is 4.88. The number of nitrogens with zero attached hydrogens (tertiary/aromatic N) is 2. The maximum Gasteiger partial charge on any atom is 0.119 e. The molecule has 0 amide bonds. The van der Waals surface area contributed by atoms with Gasteiger partial charge in [-0.3, -0.25) is 0 Å². The third-order valence-corrected chi connectivity index (χ3v) is 4.26. The first-order valence-electron chi connectivity index (χ1n) is 8.62. The van der Waals surface area contributed by atoms with Crippen LogP contribution in [0.2, 0.25) is 0 Å². The van der Waals surface area contributed by atoms with E-state index in [2.05, 4.69) is 52.9 Å². The minimum atomic E-state index is 0.683. The second-order valence-electron chi connectivity index (χ2n) is 5.86. The molecule has 3 nitrogen and oxygen atoms in total. The van der Waals surface area contributed by atoms with Gasteiger partial charge in [0.2, 0.25) is 0 Å². The number of imidazole rings is 1. The van der Waals surface area contributed by atoms with Crippen molar-refractivity contribution < 1.29 is 4.74 Å². The molecule has 3 heteroatoms. The molecule has 0 bridgehead atoms. The van der Waals surface area contributed by atoms with Crippen LogP contribution in [0, 0.1) is 0 Å². The van der Waals surface area contributed by atoms with E-state index in [9.17, 15) is 0 Å². The molecule has 3 aromatic rings. The standard InChI is InChI=1S/C21H24N2O/c1-3-17-5-7-18(8-6-17)9-10-19-15-20(24-4-2)11-12-21(19)23-14-13-22-16-23/h5-8,11-16H,3-4,9-10H2,1-2H3. The van der Waals surface area contributed by atoms with Crippen molar-refractivity contribution in [1.29, 1.82) is 0 Å². The zero-order valence-corrected chi connectivity index (χ0v) is 14.4. The summed E-state index contributed by atoms with van der Waals surface area (Å²) in [4.78, 5) is 4.17. The minimum Gasteiger partial charge on any atom is -0.494 e. The number of hydrogen-bond acceptors (Lipinski definition) is 2. The topological polar surface area (TPSA) is 27.1 Å². The van der Waals surface area contributed by atoms with E-state index >= 15 is 0 Å². The second kappa shape index (κ2) is 7.82. The quantitative estimate of drug-likeness (QED) is 0.635. The predicted molar refractivity (Wildman–Crippen MR) is 98.0 cm³/mol. The van der Waals surface area contributed by atoms with Crippen molar-refractivity contribution in [2.75, 3.05) is 6.61 Å². The third-order valence-electron chi connectivity index (χ3n) is 4.26. The van der Waals surface area contributed by atoms with E-state index in [0.29, 0.717) is 6.61 Å². The van der Waals surface area contributed by atoms with Crippen LogP contribution in [0.5, 0.6) is 5.75 Å². The van der Waals surface area contributed by atoms with Gasteiger partial charge < -0.3 is 9.30 Å². The molecule has 2 aromatic carbocycles. The van der Waals surface area contributed by atoms with E-state index in [0.717, 1.165) is 25.0 Å². The van der Waals surface area contributed by atoms with Crippen LogP contribution in [0.1, 0.15) is 30.5 Å². The number of benzene rings is 2. The predicted octanol–water partition coefficient (Wildman–Crippen LogP) is 4.62. The molecule has 3 rings (SSSR count). The van der Waals surface area contributed by atoms with E-state index in [-0.39, 0.29) is 0 Å². The van der Waals surface area contributed by atoms with Gasteiger partial charge >= 0.3 is 0 Å². The van der Waals surface area contributed by atoms with Gasteiger partial charge in [-0.2, -0.15) is 0 Å². The summed E-state index contributed by atoms with van der Waals surface area (Å²) in [7, 11) is 0. The highest BCUT2D eigenvalue weighted by molar-refractivity contribution is 5.46. The normalized spacial score (nSPS) is 10.8. The van der Waals surface area contributed by atoms with Gasteiger partial charge in [0.25, 0.3) is 0 Å². The Bertz CT molecular complexity index is 761. The molecule has 1 heterocycles. The monoisotopic (exact) mass is 320 g/mol. The zero-order valence-electron chi connectivity index (χ0n) is 14.4. The maximum absolute atomic E-state index is 5.68. The van der Waals surface area contributed by atoms with Gasteiger partial charge in [0.1, 0.15) is 5.75 Å². The molecule has 1 aromatic heterocycles. The molecule has 0 aliphatic rings. The van der Waals surface area contributed by atoms with E-state index in [1.807, 2.05) is 31.7 Å². The fourth-order valence-corrected chi connectivity index (χ4v) is 2.89. The Morgan fingerprint density at radius 1 is 0.958 bits per heavy atom. The van der Waals surface area contributed by atoms with Gasteiger partial charge in [0.15, 0.2) is 0 Å².